The topological polar surface area (TPSA) is 133 Å². The van der Waals surface area contributed by atoms with Crippen molar-refractivity contribution < 1.29 is 27.7 Å². The molecule has 1 aliphatic rings. The largest absolute Gasteiger partial charge is 0.455 e. The highest BCUT2D eigenvalue weighted by atomic mass is 32.2. The standard InChI is InChI=1S/C15H18N2O7S/c1-15(6-7-25(22,23)10-15)16-13(18)9-24-14(19)8-11-4-2-3-5-12(11)17(20)21/h2-5H,6-10H2,1H3,(H,16,18)/t15-/m1/s1. The van der Waals surface area contributed by atoms with Crippen molar-refractivity contribution in [3.05, 3.63) is 39.9 Å². The molecule has 1 N–H and O–H groups in total. The average molecular weight is 370 g/mol. The van der Waals surface area contributed by atoms with E-state index in [-0.39, 0.29) is 29.2 Å². The summed E-state index contributed by atoms with van der Waals surface area (Å²) >= 11 is 0. The third kappa shape index (κ3) is 5.24. The van der Waals surface area contributed by atoms with Gasteiger partial charge in [0.1, 0.15) is 0 Å². The summed E-state index contributed by atoms with van der Waals surface area (Å²) in [6.45, 7) is 1.04. The highest BCUT2D eigenvalue weighted by molar-refractivity contribution is 7.91. The Morgan fingerprint density at radius 1 is 1.36 bits per heavy atom. The maximum Gasteiger partial charge on any atom is 0.311 e. The van der Waals surface area contributed by atoms with E-state index in [1.807, 2.05) is 0 Å². The van der Waals surface area contributed by atoms with Gasteiger partial charge in [0.15, 0.2) is 16.4 Å². The van der Waals surface area contributed by atoms with Crippen molar-refractivity contribution in [2.75, 3.05) is 18.1 Å². The number of esters is 1. The van der Waals surface area contributed by atoms with E-state index >= 15 is 0 Å². The van der Waals surface area contributed by atoms with E-state index in [1.54, 1.807) is 13.0 Å². The molecule has 25 heavy (non-hydrogen) atoms. The molecule has 0 bridgehead atoms. The smallest absolute Gasteiger partial charge is 0.311 e. The minimum Gasteiger partial charge on any atom is -0.455 e. The Kier molecular flexibility index (Phi) is 5.41. The van der Waals surface area contributed by atoms with Gasteiger partial charge >= 0.3 is 5.97 Å². The Hall–Kier alpha value is -2.49. The number of hydrogen-bond acceptors (Lipinski definition) is 7. The fourth-order valence-electron chi connectivity index (χ4n) is 2.67. The highest BCUT2D eigenvalue weighted by Crippen LogP contribution is 2.22. The Morgan fingerprint density at radius 3 is 2.64 bits per heavy atom. The molecule has 0 spiro atoms. The van der Waals surface area contributed by atoms with Gasteiger partial charge in [0, 0.05) is 11.6 Å². The van der Waals surface area contributed by atoms with Crippen LogP contribution < -0.4 is 5.32 Å². The first-order valence-electron chi connectivity index (χ1n) is 7.50. The van der Waals surface area contributed by atoms with Crippen LogP contribution >= 0.6 is 0 Å². The van der Waals surface area contributed by atoms with E-state index in [9.17, 15) is 28.1 Å². The first kappa shape index (κ1) is 18.8. The third-order valence-corrected chi connectivity index (χ3v) is 5.73. The molecule has 1 aliphatic heterocycles. The predicted octanol–water partition coefficient (Wildman–Crippen LogP) is 0.374. The van der Waals surface area contributed by atoms with Gasteiger partial charge in [-0.2, -0.15) is 0 Å². The Bertz CT molecular complexity index is 806. The van der Waals surface area contributed by atoms with E-state index in [0.717, 1.165) is 0 Å². The number of amides is 1. The lowest BCUT2D eigenvalue weighted by Gasteiger charge is -2.23. The number of nitrogens with zero attached hydrogens (tertiary/aromatic N) is 1. The number of carbonyl (C=O) groups is 2. The van der Waals surface area contributed by atoms with Gasteiger partial charge in [-0.25, -0.2) is 8.42 Å². The van der Waals surface area contributed by atoms with Crippen molar-refractivity contribution in [1.82, 2.24) is 5.32 Å². The molecule has 136 valence electrons. The average Bonchev–Trinajstić information content (AvgIpc) is 2.78. The molecule has 9 nitrogen and oxygen atoms in total. The Morgan fingerprint density at radius 2 is 2.04 bits per heavy atom. The first-order chi connectivity index (χ1) is 11.6. The molecule has 1 saturated heterocycles. The van der Waals surface area contributed by atoms with Crippen LogP contribution in [-0.2, 0) is 30.6 Å². The second-order valence-corrected chi connectivity index (χ2v) is 8.36. The van der Waals surface area contributed by atoms with Crippen molar-refractivity contribution in [3.8, 4) is 0 Å². The molecule has 0 radical (unpaired) electrons. The quantitative estimate of drug-likeness (QED) is 0.434. The van der Waals surface area contributed by atoms with E-state index in [1.165, 1.54) is 18.2 Å². The summed E-state index contributed by atoms with van der Waals surface area (Å²) in [4.78, 5) is 33.9. The fraction of sp³-hybridized carbons (Fsp3) is 0.467. The summed E-state index contributed by atoms with van der Waals surface area (Å²) in [5.74, 6) is -1.55. The number of carbonyl (C=O) groups excluding carboxylic acids is 2. The van der Waals surface area contributed by atoms with Crippen LogP contribution in [-0.4, -0.2) is 48.9 Å². The highest BCUT2D eigenvalue weighted by Gasteiger charge is 2.39. The molecule has 0 unspecified atom stereocenters. The maximum absolute atomic E-state index is 11.9. The molecule has 1 amide bonds. The van der Waals surface area contributed by atoms with Crippen LogP contribution in [0.1, 0.15) is 18.9 Å². The Balaban J connectivity index is 1.86. The van der Waals surface area contributed by atoms with Gasteiger partial charge in [-0.3, -0.25) is 19.7 Å². The zero-order valence-corrected chi connectivity index (χ0v) is 14.4. The van der Waals surface area contributed by atoms with Crippen molar-refractivity contribution in [2.24, 2.45) is 0 Å². The van der Waals surface area contributed by atoms with E-state index in [2.05, 4.69) is 5.32 Å². The molecular formula is C15H18N2O7S. The van der Waals surface area contributed by atoms with Crippen molar-refractivity contribution in [1.29, 1.82) is 0 Å². The number of ether oxygens (including phenoxy) is 1. The molecule has 1 atom stereocenters. The zero-order valence-electron chi connectivity index (χ0n) is 13.6. The summed E-state index contributed by atoms with van der Waals surface area (Å²) in [5.41, 5.74) is -0.889. The van der Waals surface area contributed by atoms with Crippen molar-refractivity contribution in [3.63, 3.8) is 0 Å². The lowest BCUT2D eigenvalue weighted by molar-refractivity contribution is -0.385. The molecule has 0 aromatic heterocycles. The summed E-state index contributed by atoms with van der Waals surface area (Å²) in [7, 11) is -3.17. The van der Waals surface area contributed by atoms with Gasteiger partial charge < -0.3 is 10.1 Å². The molecule has 0 saturated carbocycles. The predicted molar refractivity (Wildman–Crippen MR) is 87.6 cm³/mol. The SMILES string of the molecule is C[C@@]1(NC(=O)COC(=O)Cc2ccccc2[N+](=O)[O-])CCS(=O)(=O)C1. The molecule has 1 aromatic carbocycles. The number of benzene rings is 1. The van der Waals surface area contributed by atoms with Crippen LogP contribution in [0.4, 0.5) is 5.69 Å². The fourth-order valence-corrected chi connectivity index (χ4v) is 4.77. The number of hydrogen-bond donors (Lipinski definition) is 1. The third-order valence-electron chi connectivity index (χ3n) is 3.83. The Labute approximate surface area is 144 Å². The monoisotopic (exact) mass is 370 g/mol. The minimum atomic E-state index is -3.17. The van der Waals surface area contributed by atoms with E-state index < -0.39 is 38.8 Å². The number of nitrogens with one attached hydrogen (secondary N) is 1. The molecule has 10 heteroatoms. The number of rotatable bonds is 6. The van der Waals surface area contributed by atoms with Gasteiger partial charge in [-0.05, 0) is 13.3 Å². The van der Waals surface area contributed by atoms with Crippen LogP contribution in [0.25, 0.3) is 0 Å². The first-order valence-corrected chi connectivity index (χ1v) is 9.32. The molecule has 1 aromatic rings. The second kappa shape index (κ2) is 7.18. The maximum atomic E-state index is 11.9. The summed E-state index contributed by atoms with van der Waals surface area (Å²) in [6.07, 6.45) is -0.0404. The second-order valence-electron chi connectivity index (χ2n) is 6.17. The van der Waals surface area contributed by atoms with Crippen molar-refractivity contribution in [2.45, 2.75) is 25.3 Å². The lowest BCUT2D eigenvalue weighted by Crippen LogP contribution is -2.48. The van der Waals surface area contributed by atoms with Gasteiger partial charge in [0.05, 0.1) is 28.4 Å². The van der Waals surface area contributed by atoms with Crippen molar-refractivity contribution >= 4 is 27.4 Å². The summed E-state index contributed by atoms with van der Waals surface area (Å²) in [5, 5.41) is 13.4. The lowest BCUT2D eigenvalue weighted by atomic mass is 10.0. The minimum absolute atomic E-state index is 0.00123. The van der Waals surface area contributed by atoms with E-state index in [4.69, 9.17) is 4.74 Å². The number of sulfone groups is 1. The normalized spacial score (nSPS) is 21.5. The molecule has 1 heterocycles. The number of para-hydroxylation sites is 1. The van der Waals surface area contributed by atoms with Gasteiger partial charge in [-0.15, -0.1) is 0 Å². The van der Waals surface area contributed by atoms with Crippen LogP contribution in [0.5, 0.6) is 0 Å². The van der Waals surface area contributed by atoms with E-state index in [0.29, 0.717) is 6.42 Å². The van der Waals surface area contributed by atoms with Crippen LogP contribution in [0.15, 0.2) is 24.3 Å². The summed E-state index contributed by atoms with van der Waals surface area (Å²) in [6, 6.07) is 5.75. The van der Waals surface area contributed by atoms with Gasteiger partial charge in [0.25, 0.3) is 11.6 Å². The molecular weight excluding hydrogens is 352 g/mol. The van der Waals surface area contributed by atoms with Crippen LogP contribution in [0, 0.1) is 10.1 Å². The van der Waals surface area contributed by atoms with Crippen LogP contribution in [0.3, 0.4) is 0 Å². The van der Waals surface area contributed by atoms with Gasteiger partial charge in [-0.1, -0.05) is 18.2 Å². The molecule has 0 aliphatic carbocycles. The van der Waals surface area contributed by atoms with Crippen LogP contribution in [0.2, 0.25) is 0 Å². The number of nitro groups is 1. The molecule has 2 rings (SSSR count). The zero-order chi connectivity index (χ0) is 18.7. The number of nitro benzene ring substituents is 1. The van der Waals surface area contributed by atoms with Gasteiger partial charge in [0.2, 0.25) is 0 Å². The molecule has 1 fully saturated rings. The summed E-state index contributed by atoms with van der Waals surface area (Å²) < 4.78 is 27.8.